The highest BCUT2D eigenvalue weighted by atomic mass is 19.1. The molecule has 0 radical (unpaired) electrons. The summed E-state index contributed by atoms with van der Waals surface area (Å²) in [5, 5.41) is 0.663. The van der Waals surface area contributed by atoms with Crippen LogP contribution < -0.4 is 10.4 Å². The Morgan fingerprint density at radius 2 is 2.15 bits per heavy atom. The molecule has 3 aromatic heterocycles. The van der Waals surface area contributed by atoms with Gasteiger partial charge in [0.2, 0.25) is 0 Å². The third-order valence-electron chi connectivity index (χ3n) is 4.89. The number of ether oxygens (including phenoxy) is 1. The Labute approximate surface area is 147 Å². The summed E-state index contributed by atoms with van der Waals surface area (Å²) < 4.78 is 23.3. The number of aryl methyl sites for hydroxylation is 1. The molecule has 5 rings (SSSR count). The number of halogens is 1. The van der Waals surface area contributed by atoms with Gasteiger partial charge in [0, 0.05) is 37.1 Å². The summed E-state index contributed by atoms with van der Waals surface area (Å²) in [5.41, 5.74) is 3.10. The van der Waals surface area contributed by atoms with Gasteiger partial charge < -0.3 is 4.74 Å². The minimum Gasteiger partial charge on any atom is -0.491 e. The molecule has 1 aromatic carbocycles. The summed E-state index contributed by atoms with van der Waals surface area (Å²) >= 11 is 0. The molecule has 0 N–H and O–H groups in total. The van der Waals surface area contributed by atoms with Crippen molar-refractivity contribution in [2.24, 2.45) is 7.05 Å². The van der Waals surface area contributed by atoms with Gasteiger partial charge in [0.25, 0.3) is 0 Å². The quantitative estimate of drug-likeness (QED) is 0.529. The first kappa shape index (κ1) is 15.1. The summed E-state index contributed by atoms with van der Waals surface area (Å²) in [4.78, 5) is 21.8. The zero-order valence-electron chi connectivity index (χ0n) is 14.2. The fraction of sp³-hybridized carbons (Fsp3) is 0.211. The fourth-order valence-corrected chi connectivity index (χ4v) is 3.72. The highest BCUT2D eigenvalue weighted by Crippen LogP contribution is 2.39. The third kappa shape index (κ3) is 1.88. The predicted molar refractivity (Wildman–Crippen MR) is 95.9 cm³/mol. The Morgan fingerprint density at radius 1 is 1.31 bits per heavy atom. The van der Waals surface area contributed by atoms with Crippen LogP contribution in [0.4, 0.5) is 4.39 Å². The molecule has 6 nitrogen and oxygen atoms in total. The molecule has 0 spiro atoms. The van der Waals surface area contributed by atoms with Crippen LogP contribution in [0.25, 0.3) is 33.2 Å². The molecule has 4 heterocycles. The second-order valence-corrected chi connectivity index (χ2v) is 6.57. The van der Waals surface area contributed by atoms with Gasteiger partial charge in [-0.05, 0) is 19.1 Å². The monoisotopic (exact) mass is 350 g/mol. The molecule has 4 aromatic rings. The van der Waals surface area contributed by atoms with E-state index in [1.54, 1.807) is 28.6 Å². The third-order valence-corrected chi connectivity index (χ3v) is 4.89. The number of aromatic nitrogens is 4. The Kier molecular flexibility index (Phi) is 2.98. The van der Waals surface area contributed by atoms with Crippen LogP contribution in [0.5, 0.6) is 5.75 Å². The predicted octanol–water partition coefficient (Wildman–Crippen LogP) is 3.04. The molecular formula is C19H15FN4O2. The van der Waals surface area contributed by atoms with Crippen molar-refractivity contribution in [3.05, 3.63) is 53.0 Å². The first-order valence-corrected chi connectivity index (χ1v) is 8.33. The SMILES string of the molecule is CC1COc2cc(F)cc3nc(-c4cccnc4)c4c(c23)n1c(=O)n4C. The van der Waals surface area contributed by atoms with Gasteiger partial charge in [0.15, 0.2) is 0 Å². The number of imidazole rings is 1. The standard InChI is InChI=1S/C19H15FN4O2/c1-10-9-26-14-7-12(20)6-13-15(14)17-18(23(2)19(25)24(10)17)16(22-13)11-4-3-5-21-8-11/h3-8,10H,9H2,1-2H3. The van der Waals surface area contributed by atoms with Crippen molar-refractivity contribution in [2.75, 3.05) is 6.61 Å². The van der Waals surface area contributed by atoms with Crippen molar-refractivity contribution < 1.29 is 9.13 Å². The minimum atomic E-state index is -0.420. The Balaban J connectivity index is 2.09. The van der Waals surface area contributed by atoms with Crippen molar-refractivity contribution in [3.8, 4) is 17.0 Å². The first-order chi connectivity index (χ1) is 12.6. The molecule has 0 bridgehead atoms. The zero-order chi connectivity index (χ0) is 18.0. The molecule has 0 saturated carbocycles. The molecule has 1 aliphatic rings. The molecule has 0 saturated heterocycles. The molecule has 7 heteroatoms. The van der Waals surface area contributed by atoms with E-state index in [0.717, 1.165) is 11.1 Å². The lowest BCUT2D eigenvalue weighted by atomic mass is 10.1. The van der Waals surface area contributed by atoms with Gasteiger partial charge in [-0.25, -0.2) is 14.2 Å². The van der Waals surface area contributed by atoms with Crippen molar-refractivity contribution >= 4 is 21.9 Å². The van der Waals surface area contributed by atoms with Crippen LogP contribution >= 0.6 is 0 Å². The van der Waals surface area contributed by atoms with E-state index in [2.05, 4.69) is 9.97 Å². The average Bonchev–Trinajstić information content (AvgIpc) is 2.80. The highest BCUT2D eigenvalue weighted by molar-refractivity contribution is 6.10. The van der Waals surface area contributed by atoms with E-state index in [1.165, 1.54) is 12.1 Å². The Hall–Kier alpha value is -3.22. The van der Waals surface area contributed by atoms with Crippen LogP contribution in [0, 0.1) is 5.82 Å². The highest BCUT2D eigenvalue weighted by Gasteiger charge is 2.27. The lowest BCUT2D eigenvalue weighted by molar-refractivity contribution is 0.266. The van der Waals surface area contributed by atoms with Crippen LogP contribution in [0.15, 0.2) is 41.5 Å². The number of hydrogen-bond donors (Lipinski definition) is 0. The van der Waals surface area contributed by atoms with E-state index in [1.807, 2.05) is 19.1 Å². The average molecular weight is 350 g/mol. The lowest BCUT2D eigenvalue weighted by Gasteiger charge is -2.11. The van der Waals surface area contributed by atoms with E-state index < -0.39 is 5.82 Å². The molecule has 1 aliphatic heterocycles. The summed E-state index contributed by atoms with van der Waals surface area (Å²) in [6.45, 7) is 2.20. The second-order valence-electron chi connectivity index (χ2n) is 6.57. The fourth-order valence-electron chi connectivity index (χ4n) is 3.72. The maximum Gasteiger partial charge on any atom is 0.329 e. The maximum atomic E-state index is 14.1. The van der Waals surface area contributed by atoms with Crippen LogP contribution in [0.3, 0.4) is 0 Å². The maximum absolute atomic E-state index is 14.1. The number of rotatable bonds is 1. The van der Waals surface area contributed by atoms with Crippen molar-refractivity contribution in [1.29, 1.82) is 0 Å². The second kappa shape index (κ2) is 5.14. The van der Waals surface area contributed by atoms with Gasteiger partial charge >= 0.3 is 5.69 Å². The van der Waals surface area contributed by atoms with Gasteiger partial charge in [0.05, 0.1) is 33.7 Å². The van der Waals surface area contributed by atoms with Crippen molar-refractivity contribution in [3.63, 3.8) is 0 Å². The minimum absolute atomic E-state index is 0.146. The molecule has 130 valence electrons. The van der Waals surface area contributed by atoms with Crippen LogP contribution in [0.2, 0.25) is 0 Å². The van der Waals surface area contributed by atoms with Crippen molar-refractivity contribution in [2.45, 2.75) is 13.0 Å². The Bertz CT molecular complexity index is 1240. The number of benzene rings is 1. The molecule has 1 unspecified atom stereocenters. The van der Waals surface area contributed by atoms with Gasteiger partial charge in [-0.1, -0.05) is 0 Å². The van der Waals surface area contributed by atoms with Crippen LogP contribution in [-0.4, -0.2) is 25.7 Å². The smallest absolute Gasteiger partial charge is 0.329 e. The summed E-state index contributed by atoms with van der Waals surface area (Å²) in [6, 6.07) is 6.23. The van der Waals surface area contributed by atoms with Crippen LogP contribution in [0.1, 0.15) is 13.0 Å². The molecular weight excluding hydrogens is 335 g/mol. The van der Waals surface area contributed by atoms with Gasteiger partial charge in [-0.3, -0.25) is 14.1 Å². The van der Waals surface area contributed by atoms with E-state index in [4.69, 9.17) is 4.74 Å². The summed E-state index contributed by atoms with van der Waals surface area (Å²) in [7, 11) is 1.73. The number of nitrogens with zero attached hydrogens (tertiary/aromatic N) is 4. The first-order valence-electron chi connectivity index (χ1n) is 8.33. The summed E-state index contributed by atoms with van der Waals surface area (Å²) in [5.74, 6) is -0.00481. The molecule has 0 amide bonds. The van der Waals surface area contributed by atoms with Crippen molar-refractivity contribution in [1.82, 2.24) is 19.1 Å². The molecule has 0 fully saturated rings. The van der Waals surface area contributed by atoms with E-state index >= 15 is 0 Å². The number of pyridine rings is 2. The molecule has 1 atom stereocenters. The van der Waals surface area contributed by atoms with E-state index in [-0.39, 0.29) is 18.3 Å². The van der Waals surface area contributed by atoms with Gasteiger partial charge in [0.1, 0.15) is 18.2 Å². The largest absolute Gasteiger partial charge is 0.491 e. The number of hydrogen-bond acceptors (Lipinski definition) is 4. The van der Waals surface area contributed by atoms with E-state index in [0.29, 0.717) is 27.9 Å². The molecule has 0 aliphatic carbocycles. The molecule has 26 heavy (non-hydrogen) atoms. The van der Waals surface area contributed by atoms with E-state index in [9.17, 15) is 9.18 Å². The van der Waals surface area contributed by atoms with Gasteiger partial charge in [-0.15, -0.1) is 0 Å². The Morgan fingerprint density at radius 3 is 2.92 bits per heavy atom. The van der Waals surface area contributed by atoms with Gasteiger partial charge in [-0.2, -0.15) is 0 Å². The summed E-state index contributed by atoms with van der Waals surface area (Å²) in [6.07, 6.45) is 3.36. The van der Waals surface area contributed by atoms with Crippen LogP contribution in [-0.2, 0) is 7.05 Å². The topological polar surface area (TPSA) is 61.9 Å². The normalized spacial score (nSPS) is 16.2. The lowest BCUT2D eigenvalue weighted by Crippen LogP contribution is -2.27. The zero-order valence-corrected chi connectivity index (χ0v) is 14.2.